The van der Waals surface area contributed by atoms with Gasteiger partial charge in [0.2, 0.25) is 0 Å². The Morgan fingerprint density at radius 3 is 2.66 bits per heavy atom. The fourth-order valence-corrected chi connectivity index (χ4v) is 5.70. The molecule has 0 aliphatic carbocycles. The highest BCUT2D eigenvalue weighted by atomic mass is 16.5. The lowest BCUT2D eigenvalue weighted by molar-refractivity contribution is -0.140. The molecule has 3 aliphatic heterocycles. The van der Waals surface area contributed by atoms with E-state index in [4.69, 9.17) is 18.9 Å². The second-order valence-electron chi connectivity index (χ2n) is 10.5. The number of hydrogen-bond acceptors (Lipinski definition) is 8. The van der Waals surface area contributed by atoms with Crippen LogP contribution in [0.5, 0.6) is 17.2 Å². The van der Waals surface area contributed by atoms with Crippen LogP contribution in [0.4, 0.5) is 0 Å². The van der Waals surface area contributed by atoms with Crippen molar-refractivity contribution < 1.29 is 33.6 Å². The van der Waals surface area contributed by atoms with Crippen LogP contribution in [-0.4, -0.2) is 85.3 Å². The zero-order valence-corrected chi connectivity index (χ0v) is 23.8. The number of hydrogen-bond donors (Lipinski definition) is 1. The van der Waals surface area contributed by atoms with Crippen LogP contribution in [0.1, 0.15) is 43.0 Å². The van der Waals surface area contributed by atoms with E-state index in [0.717, 1.165) is 30.9 Å². The van der Waals surface area contributed by atoms with Gasteiger partial charge in [-0.25, -0.2) is 0 Å². The van der Waals surface area contributed by atoms with Crippen LogP contribution >= 0.6 is 0 Å². The molecular formula is C32H38N2O7. The average Bonchev–Trinajstić information content (AvgIpc) is 3.48. The quantitative estimate of drug-likeness (QED) is 0.189. The van der Waals surface area contributed by atoms with E-state index in [1.54, 1.807) is 35.2 Å². The van der Waals surface area contributed by atoms with Gasteiger partial charge >= 0.3 is 0 Å². The molecule has 1 N–H and O–H groups in total. The van der Waals surface area contributed by atoms with Crippen molar-refractivity contribution in [2.24, 2.45) is 0 Å². The molecule has 0 spiro atoms. The number of aliphatic hydroxyl groups is 1. The van der Waals surface area contributed by atoms with E-state index < -0.39 is 17.7 Å². The zero-order valence-electron chi connectivity index (χ0n) is 23.8. The Kier molecular flexibility index (Phi) is 8.95. The molecule has 1 amide bonds. The van der Waals surface area contributed by atoms with Crippen molar-refractivity contribution in [1.29, 1.82) is 0 Å². The first kappa shape index (κ1) is 28.7. The number of nitrogens with zero attached hydrogens (tertiary/aromatic N) is 2. The summed E-state index contributed by atoms with van der Waals surface area (Å²) < 4.78 is 22.9. The van der Waals surface area contributed by atoms with Crippen LogP contribution in [0.2, 0.25) is 0 Å². The lowest BCUT2D eigenvalue weighted by atomic mass is 9.94. The Labute approximate surface area is 240 Å². The monoisotopic (exact) mass is 562 g/mol. The number of ketones is 1. The highest BCUT2D eigenvalue weighted by Gasteiger charge is 2.46. The number of carbonyl (C=O) groups excluding carboxylic acids is 2. The van der Waals surface area contributed by atoms with Gasteiger partial charge in [-0.05, 0) is 61.7 Å². The van der Waals surface area contributed by atoms with Gasteiger partial charge in [0.25, 0.3) is 11.7 Å². The van der Waals surface area contributed by atoms with Crippen LogP contribution in [0, 0.1) is 0 Å². The van der Waals surface area contributed by atoms with E-state index in [-0.39, 0.29) is 17.4 Å². The standard InChI is InChI=1S/C32H38N2O7/c1-4-15-40-26-10-7-22(20-27(26)39-5-2)29-28(30(35)23-8-9-25-24(19-23)18-21(3)41-25)31(36)32(37)34(29)12-6-11-33-13-16-38-17-14-33/h4,7-10,19-21,29,35H,1,5-6,11-18H2,2-3H3/b30-28-. The molecule has 2 atom stereocenters. The van der Waals surface area contributed by atoms with E-state index >= 15 is 0 Å². The van der Waals surface area contributed by atoms with Crippen molar-refractivity contribution in [3.63, 3.8) is 0 Å². The minimum Gasteiger partial charge on any atom is -0.507 e. The highest BCUT2D eigenvalue weighted by Crippen LogP contribution is 2.43. The number of Topliss-reactive ketones (excluding diaryl/α,β-unsaturated/α-hetero) is 1. The number of carbonyl (C=O) groups is 2. The average molecular weight is 563 g/mol. The summed E-state index contributed by atoms with van der Waals surface area (Å²) in [6, 6.07) is 9.97. The second kappa shape index (κ2) is 12.8. The van der Waals surface area contributed by atoms with Crippen LogP contribution in [0.25, 0.3) is 5.76 Å². The molecule has 9 heteroatoms. The fraction of sp³-hybridized carbons (Fsp3) is 0.438. The van der Waals surface area contributed by atoms with Gasteiger partial charge in [-0.2, -0.15) is 0 Å². The molecule has 2 aromatic carbocycles. The molecule has 2 aromatic rings. The molecule has 0 aromatic heterocycles. The highest BCUT2D eigenvalue weighted by molar-refractivity contribution is 6.46. The normalized spacial score (nSPS) is 22.0. The minimum atomic E-state index is -0.782. The van der Waals surface area contributed by atoms with Crippen molar-refractivity contribution in [3.8, 4) is 17.2 Å². The summed E-state index contributed by atoms with van der Waals surface area (Å²) in [5, 5.41) is 11.6. The van der Waals surface area contributed by atoms with Crippen LogP contribution < -0.4 is 14.2 Å². The molecule has 0 bridgehead atoms. The van der Waals surface area contributed by atoms with Gasteiger partial charge in [-0.1, -0.05) is 18.7 Å². The van der Waals surface area contributed by atoms with Gasteiger partial charge in [0.15, 0.2) is 11.5 Å². The third-order valence-corrected chi connectivity index (χ3v) is 7.63. The van der Waals surface area contributed by atoms with Crippen molar-refractivity contribution in [2.75, 3.05) is 52.6 Å². The van der Waals surface area contributed by atoms with Crippen molar-refractivity contribution >= 4 is 17.4 Å². The largest absolute Gasteiger partial charge is 0.507 e. The molecule has 3 aliphatic rings. The Hall–Kier alpha value is -3.82. The number of rotatable bonds is 11. The number of fused-ring (bicyclic) bond motifs is 1. The smallest absolute Gasteiger partial charge is 0.295 e. The first-order chi connectivity index (χ1) is 19.9. The summed E-state index contributed by atoms with van der Waals surface area (Å²) in [4.78, 5) is 30.9. The molecule has 9 nitrogen and oxygen atoms in total. The third-order valence-electron chi connectivity index (χ3n) is 7.63. The molecular weight excluding hydrogens is 524 g/mol. The van der Waals surface area contributed by atoms with Crippen LogP contribution in [0.3, 0.4) is 0 Å². The van der Waals surface area contributed by atoms with Gasteiger partial charge in [0.1, 0.15) is 24.2 Å². The van der Waals surface area contributed by atoms with Gasteiger partial charge in [0, 0.05) is 38.2 Å². The van der Waals surface area contributed by atoms with Crippen molar-refractivity contribution in [3.05, 3.63) is 71.3 Å². The maximum absolute atomic E-state index is 13.6. The third kappa shape index (κ3) is 6.11. The van der Waals surface area contributed by atoms with E-state index in [0.29, 0.717) is 68.4 Å². The first-order valence-corrected chi connectivity index (χ1v) is 14.3. The Balaban J connectivity index is 1.53. The van der Waals surface area contributed by atoms with Gasteiger partial charge in [-0.3, -0.25) is 14.5 Å². The lowest BCUT2D eigenvalue weighted by Crippen LogP contribution is -2.39. The first-order valence-electron chi connectivity index (χ1n) is 14.3. The molecule has 0 radical (unpaired) electrons. The number of aliphatic hydroxyl groups excluding tert-OH is 1. The molecule has 2 unspecified atom stereocenters. The van der Waals surface area contributed by atoms with E-state index in [1.807, 2.05) is 26.0 Å². The minimum absolute atomic E-state index is 0.0400. The van der Waals surface area contributed by atoms with Crippen molar-refractivity contribution in [2.45, 2.75) is 38.8 Å². The summed E-state index contributed by atoms with van der Waals surface area (Å²) in [6.07, 6.45) is 3.07. The lowest BCUT2D eigenvalue weighted by Gasteiger charge is -2.29. The molecule has 2 saturated heterocycles. The number of likely N-dealkylation sites (tertiary alicyclic amines) is 1. The van der Waals surface area contributed by atoms with E-state index in [9.17, 15) is 14.7 Å². The fourth-order valence-electron chi connectivity index (χ4n) is 5.70. The summed E-state index contributed by atoms with van der Waals surface area (Å²) >= 11 is 0. The van der Waals surface area contributed by atoms with Gasteiger partial charge in [-0.15, -0.1) is 0 Å². The summed E-state index contributed by atoms with van der Waals surface area (Å²) in [5.41, 5.74) is 2.16. The predicted octanol–water partition coefficient (Wildman–Crippen LogP) is 4.12. The van der Waals surface area contributed by atoms with Crippen LogP contribution in [0.15, 0.2) is 54.6 Å². The topological polar surface area (TPSA) is 97.8 Å². The summed E-state index contributed by atoms with van der Waals surface area (Å²) in [5.74, 6) is 0.277. The number of morpholine rings is 1. The molecule has 41 heavy (non-hydrogen) atoms. The van der Waals surface area contributed by atoms with Gasteiger partial charge < -0.3 is 29.0 Å². The number of amides is 1. The molecule has 0 saturated carbocycles. The van der Waals surface area contributed by atoms with E-state index in [2.05, 4.69) is 11.5 Å². The predicted molar refractivity (Wildman–Crippen MR) is 154 cm³/mol. The number of benzene rings is 2. The maximum atomic E-state index is 13.6. The summed E-state index contributed by atoms with van der Waals surface area (Å²) in [6.45, 7) is 12.5. The Bertz CT molecular complexity index is 1330. The Morgan fingerprint density at radius 1 is 1.10 bits per heavy atom. The molecule has 3 heterocycles. The van der Waals surface area contributed by atoms with Crippen LogP contribution in [-0.2, 0) is 20.7 Å². The van der Waals surface area contributed by atoms with E-state index in [1.165, 1.54) is 0 Å². The van der Waals surface area contributed by atoms with Gasteiger partial charge in [0.05, 0.1) is 31.4 Å². The second-order valence-corrected chi connectivity index (χ2v) is 10.5. The number of ether oxygens (including phenoxy) is 4. The summed E-state index contributed by atoms with van der Waals surface area (Å²) in [7, 11) is 0. The maximum Gasteiger partial charge on any atom is 0.295 e. The molecule has 2 fully saturated rings. The van der Waals surface area contributed by atoms with Crippen molar-refractivity contribution in [1.82, 2.24) is 9.80 Å². The molecule has 218 valence electrons. The Morgan fingerprint density at radius 2 is 1.90 bits per heavy atom. The molecule has 5 rings (SSSR count). The SMILES string of the molecule is C=CCOc1ccc(C2/C(=C(/O)c3ccc4c(c3)CC(C)O4)C(=O)C(=O)N2CCCN2CCOCC2)cc1OCC. The zero-order chi connectivity index (χ0) is 28.9.